The zero-order valence-corrected chi connectivity index (χ0v) is 19.3. The second-order valence-electron chi connectivity index (χ2n) is 8.61. The molecular formula is C26H30N4O3. The Morgan fingerprint density at radius 1 is 0.879 bits per heavy atom. The molecule has 1 aliphatic heterocycles. The van der Waals surface area contributed by atoms with Crippen LogP contribution in [0.15, 0.2) is 53.3 Å². The first-order valence-corrected chi connectivity index (χ1v) is 11.6. The number of para-hydroxylation sites is 3. The third kappa shape index (κ3) is 4.82. The van der Waals surface area contributed by atoms with Gasteiger partial charge in [-0.1, -0.05) is 49.6 Å². The summed E-state index contributed by atoms with van der Waals surface area (Å²) in [5.41, 5.74) is 2.55. The van der Waals surface area contributed by atoms with E-state index in [-0.39, 0.29) is 17.5 Å². The first kappa shape index (κ1) is 22.7. The maximum Gasteiger partial charge on any atom is 0.282 e. The van der Waals surface area contributed by atoms with Crippen molar-refractivity contribution in [3.05, 3.63) is 70.1 Å². The molecule has 172 valence electrons. The third-order valence-electron chi connectivity index (χ3n) is 6.31. The largest absolute Gasteiger partial charge is 0.333 e. The van der Waals surface area contributed by atoms with Crippen LogP contribution in [0, 0.1) is 0 Å². The van der Waals surface area contributed by atoms with Gasteiger partial charge in [-0.25, -0.2) is 4.98 Å². The number of fused-ring (bicyclic) bond motifs is 2. The Kier molecular flexibility index (Phi) is 6.87. The van der Waals surface area contributed by atoms with Crippen molar-refractivity contribution in [2.45, 2.75) is 45.6 Å². The van der Waals surface area contributed by atoms with Crippen LogP contribution in [-0.2, 0) is 18.4 Å². The molecule has 2 heterocycles. The molecule has 0 saturated heterocycles. The molecule has 7 heteroatoms. The quantitative estimate of drug-likeness (QED) is 0.568. The Morgan fingerprint density at radius 3 is 2.33 bits per heavy atom. The van der Waals surface area contributed by atoms with Crippen LogP contribution in [0.2, 0.25) is 0 Å². The summed E-state index contributed by atoms with van der Waals surface area (Å²) in [6.45, 7) is 3.09. The molecule has 0 radical (unpaired) electrons. The molecule has 0 spiro atoms. The minimum absolute atomic E-state index is 0.0116. The molecule has 3 aromatic rings. The van der Waals surface area contributed by atoms with E-state index in [0.29, 0.717) is 30.7 Å². The summed E-state index contributed by atoms with van der Waals surface area (Å²) in [5, 5.41) is 0. The van der Waals surface area contributed by atoms with Crippen LogP contribution in [0.5, 0.6) is 0 Å². The van der Waals surface area contributed by atoms with Gasteiger partial charge in [0, 0.05) is 39.3 Å². The Labute approximate surface area is 193 Å². The van der Waals surface area contributed by atoms with Crippen molar-refractivity contribution >= 4 is 28.5 Å². The molecule has 0 bridgehead atoms. The van der Waals surface area contributed by atoms with Crippen molar-refractivity contribution in [1.82, 2.24) is 14.5 Å². The van der Waals surface area contributed by atoms with Gasteiger partial charge in [0.15, 0.2) is 5.69 Å². The second kappa shape index (κ2) is 9.98. The molecule has 33 heavy (non-hydrogen) atoms. The highest BCUT2D eigenvalue weighted by Gasteiger charge is 2.25. The number of carbonyl (C=O) groups is 2. The fourth-order valence-electron chi connectivity index (χ4n) is 4.48. The number of hydrogen-bond donors (Lipinski definition) is 0. The van der Waals surface area contributed by atoms with Gasteiger partial charge in [0.05, 0.1) is 11.0 Å². The normalized spacial score (nSPS) is 15.5. The molecule has 0 aliphatic carbocycles. The zero-order valence-electron chi connectivity index (χ0n) is 19.3. The summed E-state index contributed by atoms with van der Waals surface area (Å²) in [7, 11) is 1.67. The average Bonchev–Trinajstić information content (AvgIpc) is 2.81. The van der Waals surface area contributed by atoms with Crippen LogP contribution in [0.4, 0.5) is 5.69 Å². The van der Waals surface area contributed by atoms with Gasteiger partial charge < -0.3 is 14.4 Å². The Morgan fingerprint density at radius 2 is 1.55 bits per heavy atom. The lowest BCUT2D eigenvalue weighted by atomic mass is 10.1. The number of rotatable bonds is 1. The smallest absolute Gasteiger partial charge is 0.282 e. The number of carbonyl (C=O) groups excluding carboxylic acids is 2. The van der Waals surface area contributed by atoms with Gasteiger partial charge in [-0.05, 0) is 36.6 Å². The van der Waals surface area contributed by atoms with Gasteiger partial charge >= 0.3 is 0 Å². The number of anilines is 1. The summed E-state index contributed by atoms with van der Waals surface area (Å²) in [5.74, 6) is -0.384. The van der Waals surface area contributed by atoms with E-state index in [1.807, 2.05) is 48.5 Å². The molecule has 2 amide bonds. The summed E-state index contributed by atoms with van der Waals surface area (Å²) >= 11 is 0. The van der Waals surface area contributed by atoms with Crippen molar-refractivity contribution in [2.75, 3.05) is 18.0 Å². The van der Waals surface area contributed by atoms with Crippen molar-refractivity contribution in [1.29, 1.82) is 0 Å². The maximum atomic E-state index is 13.6. The monoisotopic (exact) mass is 446 g/mol. The molecule has 4 rings (SSSR count). The van der Waals surface area contributed by atoms with E-state index in [0.717, 1.165) is 43.4 Å². The van der Waals surface area contributed by atoms with E-state index in [4.69, 9.17) is 0 Å². The molecule has 0 saturated carbocycles. The number of hydrogen-bond acceptors (Lipinski definition) is 4. The summed E-state index contributed by atoms with van der Waals surface area (Å²) in [6, 6.07) is 15.0. The van der Waals surface area contributed by atoms with Gasteiger partial charge in [-0.3, -0.25) is 14.4 Å². The van der Waals surface area contributed by atoms with Crippen LogP contribution in [0.1, 0.15) is 55.1 Å². The Hall–Kier alpha value is -3.48. The van der Waals surface area contributed by atoms with Crippen molar-refractivity contribution in [3.8, 4) is 0 Å². The number of aromatic nitrogens is 2. The van der Waals surface area contributed by atoms with Crippen molar-refractivity contribution in [3.63, 3.8) is 0 Å². The fraction of sp³-hybridized carbons (Fsp3) is 0.385. The fourth-order valence-corrected chi connectivity index (χ4v) is 4.48. The Bertz CT molecular complexity index is 1230. The first-order valence-electron chi connectivity index (χ1n) is 11.6. The van der Waals surface area contributed by atoms with Gasteiger partial charge in [-0.15, -0.1) is 0 Å². The predicted molar refractivity (Wildman–Crippen MR) is 129 cm³/mol. The molecule has 1 aliphatic rings. The lowest BCUT2D eigenvalue weighted by Gasteiger charge is -2.28. The van der Waals surface area contributed by atoms with Crippen LogP contribution in [-0.4, -0.2) is 39.4 Å². The van der Waals surface area contributed by atoms with Gasteiger partial charge in [0.1, 0.15) is 0 Å². The molecule has 0 atom stereocenters. The van der Waals surface area contributed by atoms with Crippen LogP contribution >= 0.6 is 0 Å². The highest BCUT2D eigenvalue weighted by atomic mass is 16.2. The second-order valence-corrected chi connectivity index (χ2v) is 8.61. The van der Waals surface area contributed by atoms with Gasteiger partial charge in [-0.2, -0.15) is 0 Å². The third-order valence-corrected chi connectivity index (χ3v) is 6.31. The predicted octanol–water partition coefficient (Wildman–Crippen LogP) is 3.89. The molecule has 1 aromatic heterocycles. The minimum Gasteiger partial charge on any atom is -0.333 e. The lowest BCUT2D eigenvalue weighted by molar-refractivity contribution is -0.116. The van der Waals surface area contributed by atoms with E-state index < -0.39 is 5.56 Å². The van der Waals surface area contributed by atoms with Crippen LogP contribution in [0.3, 0.4) is 0 Å². The van der Waals surface area contributed by atoms with Crippen molar-refractivity contribution in [2.24, 2.45) is 7.05 Å². The van der Waals surface area contributed by atoms with Crippen molar-refractivity contribution < 1.29 is 9.59 Å². The maximum absolute atomic E-state index is 13.6. The molecule has 2 aromatic carbocycles. The van der Waals surface area contributed by atoms with E-state index >= 15 is 0 Å². The zero-order chi connectivity index (χ0) is 23.4. The van der Waals surface area contributed by atoms with E-state index in [2.05, 4.69) is 4.98 Å². The van der Waals surface area contributed by atoms with Gasteiger partial charge in [0.25, 0.3) is 11.5 Å². The van der Waals surface area contributed by atoms with E-state index in [1.54, 1.807) is 23.8 Å². The summed E-state index contributed by atoms with van der Waals surface area (Å²) < 4.78 is 1.48. The highest BCUT2D eigenvalue weighted by molar-refractivity contribution is 5.95. The van der Waals surface area contributed by atoms with E-state index in [9.17, 15) is 14.4 Å². The summed E-state index contributed by atoms with van der Waals surface area (Å²) in [6.07, 6.45) is 4.89. The number of benzene rings is 2. The van der Waals surface area contributed by atoms with Crippen LogP contribution < -0.4 is 10.5 Å². The number of nitrogens with zero attached hydrogens (tertiary/aromatic N) is 4. The topological polar surface area (TPSA) is 75.5 Å². The van der Waals surface area contributed by atoms with Crippen LogP contribution in [0.25, 0.3) is 11.0 Å². The Balaban J connectivity index is 1.75. The molecule has 0 fully saturated rings. The molecule has 0 unspecified atom stereocenters. The average molecular weight is 447 g/mol. The van der Waals surface area contributed by atoms with E-state index in [1.165, 1.54) is 4.57 Å². The SMILES string of the molecule is CC(=O)N1CCCCCCCN(C(=O)c2nc3ccccc3n(C)c2=O)Cc2ccccc21. The molecular weight excluding hydrogens is 416 g/mol. The molecule has 0 N–H and O–H groups in total. The van der Waals surface area contributed by atoms with Gasteiger partial charge in [0.2, 0.25) is 5.91 Å². The lowest BCUT2D eigenvalue weighted by Crippen LogP contribution is -2.38. The highest BCUT2D eigenvalue weighted by Crippen LogP contribution is 2.25. The number of amides is 2. The minimum atomic E-state index is -0.400. The molecule has 7 nitrogen and oxygen atoms in total. The summed E-state index contributed by atoms with van der Waals surface area (Å²) in [4.78, 5) is 47.0. The first-order chi connectivity index (χ1) is 16.0. The number of aryl methyl sites for hydroxylation is 1. The standard InChI is InChI=1S/C26H30N4O3/c1-19(31)30-17-11-5-3-4-10-16-29(18-20-12-6-8-14-22(20)30)26(33)24-25(32)28(2)23-15-9-7-13-21(23)27-24/h6-9,12-15H,3-5,10-11,16-18H2,1-2H3.